The lowest BCUT2D eigenvalue weighted by Gasteiger charge is -2.43. The average Bonchev–Trinajstić information content (AvgIpc) is 3.83. The summed E-state index contributed by atoms with van der Waals surface area (Å²) in [4.78, 5) is 59.1. The number of halogens is 1. The first-order valence-electron chi connectivity index (χ1n) is 15.9. The van der Waals surface area contributed by atoms with Crippen LogP contribution < -0.4 is 19.8 Å². The topological polar surface area (TPSA) is 109 Å². The summed E-state index contributed by atoms with van der Waals surface area (Å²) in [5.74, 6) is -1.07. The van der Waals surface area contributed by atoms with Gasteiger partial charge < -0.3 is 15.0 Å². The number of anilines is 2. The van der Waals surface area contributed by atoms with Gasteiger partial charge in [0.15, 0.2) is 6.61 Å². The molecule has 1 aromatic heterocycles. The fourth-order valence-corrected chi connectivity index (χ4v) is 12.0. The van der Waals surface area contributed by atoms with Gasteiger partial charge in [-0.25, -0.2) is 0 Å². The number of benzene rings is 4. The van der Waals surface area contributed by atoms with Crippen molar-refractivity contribution >= 4 is 78.9 Å². The first kappa shape index (κ1) is 29.9. The second-order valence-corrected chi connectivity index (χ2v) is 16.0. The molecular weight excluding hydrogens is 710 g/mol. The number of carbonyl (C=O) groups is 3. The number of ether oxygens (including phenoxy) is 1. The van der Waals surface area contributed by atoms with Crippen LogP contribution in [0.3, 0.4) is 0 Å². The Kier molecular flexibility index (Phi) is 7.14. The highest BCUT2D eigenvalue weighted by Crippen LogP contribution is 2.69. The van der Waals surface area contributed by atoms with E-state index < -0.39 is 5.92 Å². The Morgan fingerprint density at radius 3 is 2.46 bits per heavy atom. The molecular formula is C37H28BrN3O5S2. The van der Waals surface area contributed by atoms with E-state index in [2.05, 4.69) is 26.2 Å². The fraction of sp³-hybridized carbons (Fsp3) is 0.243. The van der Waals surface area contributed by atoms with Crippen molar-refractivity contribution in [3.05, 3.63) is 116 Å². The van der Waals surface area contributed by atoms with E-state index in [0.717, 1.165) is 37.1 Å². The Morgan fingerprint density at radius 1 is 0.896 bits per heavy atom. The van der Waals surface area contributed by atoms with Gasteiger partial charge in [-0.3, -0.25) is 24.1 Å². The van der Waals surface area contributed by atoms with Gasteiger partial charge in [0.1, 0.15) is 5.75 Å². The molecule has 48 heavy (non-hydrogen) atoms. The summed E-state index contributed by atoms with van der Waals surface area (Å²) < 4.78 is 7.11. The highest BCUT2D eigenvalue weighted by atomic mass is 79.9. The predicted octanol–water partition coefficient (Wildman–Crippen LogP) is 7.05. The molecule has 0 spiro atoms. The van der Waals surface area contributed by atoms with Crippen molar-refractivity contribution in [2.75, 3.05) is 16.8 Å². The molecule has 0 radical (unpaired) electrons. The van der Waals surface area contributed by atoms with E-state index in [1.165, 1.54) is 16.2 Å². The lowest BCUT2D eigenvalue weighted by Crippen LogP contribution is -2.42. The van der Waals surface area contributed by atoms with Crippen molar-refractivity contribution < 1.29 is 19.1 Å². The standard InChI is InChI=1S/C37H28BrN3O5S2/c38-20-11-13-26(46-17-27(42)39-21-12-10-18-6-4-5-7-19(18)14-21)23(15-20)28-29-24-16-25(32(29)47-34-33(28)48-37(45)40-34)31-30(24)35(43)41(36(31)44)22-8-2-1-3-9-22/h1-15,24-25,28-32H,16-17H2,(H,39,42)(H,40,45)/t24-,25-,28+,29-,30+,31+,32-/m1/s1. The molecule has 3 heterocycles. The number of aromatic amines is 1. The highest BCUT2D eigenvalue weighted by molar-refractivity contribution is 9.10. The van der Waals surface area contributed by atoms with E-state index in [4.69, 9.17) is 4.74 Å². The maximum absolute atomic E-state index is 14.0. The van der Waals surface area contributed by atoms with E-state index in [1.807, 2.05) is 91.0 Å². The van der Waals surface area contributed by atoms with Gasteiger partial charge in [0.25, 0.3) is 5.91 Å². The van der Waals surface area contributed by atoms with E-state index in [0.29, 0.717) is 17.1 Å². The molecule has 2 aliphatic heterocycles. The lowest BCUT2D eigenvalue weighted by molar-refractivity contribution is -0.123. The Hall–Kier alpha value is -4.19. The Labute approximate surface area is 292 Å². The number of nitrogens with one attached hydrogen (secondary N) is 2. The average molecular weight is 739 g/mol. The molecule has 1 saturated heterocycles. The van der Waals surface area contributed by atoms with Crippen LogP contribution in [0.15, 0.2) is 105 Å². The number of carbonyl (C=O) groups excluding carboxylic acids is 3. The Morgan fingerprint density at radius 2 is 1.65 bits per heavy atom. The van der Waals surface area contributed by atoms with Gasteiger partial charge in [-0.05, 0) is 77.4 Å². The van der Waals surface area contributed by atoms with E-state index in [9.17, 15) is 19.2 Å². The molecule has 240 valence electrons. The van der Waals surface area contributed by atoms with Gasteiger partial charge >= 0.3 is 4.87 Å². The predicted molar refractivity (Wildman–Crippen MR) is 190 cm³/mol. The van der Waals surface area contributed by atoms with Crippen molar-refractivity contribution in [2.24, 2.45) is 29.6 Å². The van der Waals surface area contributed by atoms with Crippen molar-refractivity contribution in [2.45, 2.75) is 22.6 Å². The van der Waals surface area contributed by atoms with Gasteiger partial charge in [-0.15, -0.1) is 11.8 Å². The van der Waals surface area contributed by atoms with Crippen LogP contribution in [0.25, 0.3) is 10.8 Å². The number of hydrogen-bond donors (Lipinski definition) is 2. The van der Waals surface area contributed by atoms with Gasteiger partial charge in [0.2, 0.25) is 11.8 Å². The Bertz CT molecular complexity index is 2200. The number of fused-ring (bicyclic) bond motifs is 10. The van der Waals surface area contributed by atoms with Crippen LogP contribution in [-0.2, 0) is 14.4 Å². The van der Waals surface area contributed by atoms with E-state index >= 15 is 0 Å². The molecule has 11 heteroatoms. The third kappa shape index (κ3) is 4.69. The zero-order valence-electron chi connectivity index (χ0n) is 25.3. The minimum absolute atomic E-state index is 0.00321. The van der Waals surface area contributed by atoms with Crippen LogP contribution >= 0.6 is 39.0 Å². The molecule has 2 aliphatic carbocycles. The number of thiazole rings is 1. The van der Waals surface area contributed by atoms with Crippen molar-refractivity contribution in [3.8, 4) is 5.75 Å². The summed E-state index contributed by atoms with van der Waals surface area (Å²) in [5, 5.41) is 5.92. The number of para-hydroxylation sites is 1. The van der Waals surface area contributed by atoms with Crippen LogP contribution in [0.1, 0.15) is 22.8 Å². The molecule has 9 rings (SSSR count). The smallest absolute Gasteiger partial charge is 0.305 e. The second-order valence-electron chi connectivity index (χ2n) is 12.9. The van der Waals surface area contributed by atoms with Crippen molar-refractivity contribution in [1.29, 1.82) is 0 Å². The third-order valence-electron chi connectivity index (χ3n) is 10.4. The van der Waals surface area contributed by atoms with Gasteiger partial charge in [-0.2, -0.15) is 0 Å². The van der Waals surface area contributed by atoms with Crippen LogP contribution in [0.5, 0.6) is 5.75 Å². The summed E-state index contributed by atoms with van der Waals surface area (Å²) in [5.41, 5.74) is 2.15. The number of imide groups is 1. The normalized spacial score (nSPS) is 26.8. The molecule has 8 nitrogen and oxygen atoms in total. The molecule has 5 aromatic rings. The summed E-state index contributed by atoms with van der Waals surface area (Å²) in [6.07, 6.45) is 0.784. The summed E-state index contributed by atoms with van der Waals surface area (Å²) in [6, 6.07) is 28.7. The molecule has 2 saturated carbocycles. The van der Waals surface area contributed by atoms with E-state index in [1.54, 1.807) is 11.8 Å². The van der Waals surface area contributed by atoms with Gasteiger partial charge in [0.05, 0.1) is 22.5 Å². The lowest BCUT2D eigenvalue weighted by atomic mass is 9.68. The number of rotatable bonds is 6. The summed E-state index contributed by atoms with van der Waals surface area (Å²) >= 11 is 6.49. The third-order valence-corrected chi connectivity index (χ3v) is 13.5. The van der Waals surface area contributed by atoms with Crippen molar-refractivity contribution in [1.82, 2.24) is 4.98 Å². The van der Waals surface area contributed by atoms with Crippen LogP contribution in [0, 0.1) is 29.6 Å². The first-order chi connectivity index (χ1) is 23.4. The zero-order chi connectivity index (χ0) is 32.7. The second kappa shape index (κ2) is 11.5. The van der Waals surface area contributed by atoms with Gasteiger partial charge in [0, 0.05) is 31.8 Å². The van der Waals surface area contributed by atoms with Crippen LogP contribution in [0.2, 0.25) is 0 Å². The maximum atomic E-state index is 14.0. The molecule has 3 amide bonds. The monoisotopic (exact) mass is 737 g/mol. The summed E-state index contributed by atoms with van der Waals surface area (Å²) in [6.45, 7) is -0.205. The Balaban J connectivity index is 1.04. The number of hydrogen-bond acceptors (Lipinski definition) is 7. The zero-order valence-corrected chi connectivity index (χ0v) is 28.5. The van der Waals surface area contributed by atoms with E-state index in [-0.39, 0.29) is 64.0 Å². The molecule has 7 atom stereocenters. The fourth-order valence-electron chi connectivity index (χ4n) is 8.70. The molecule has 2 N–H and O–H groups in total. The maximum Gasteiger partial charge on any atom is 0.305 e. The number of aromatic nitrogens is 1. The van der Waals surface area contributed by atoms with Crippen molar-refractivity contribution in [3.63, 3.8) is 0 Å². The number of amides is 3. The minimum Gasteiger partial charge on any atom is -0.483 e. The molecule has 2 bridgehead atoms. The molecule has 0 unspecified atom stereocenters. The van der Waals surface area contributed by atoms with Crippen LogP contribution in [0.4, 0.5) is 11.4 Å². The number of H-pyrrole nitrogens is 1. The highest BCUT2D eigenvalue weighted by Gasteiger charge is 2.69. The van der Waals surface area contributed by atoms with Gasteiger partial charge in [-0.1, -0.05) is 75.8 Å². The molecule has 3 fully saturated rings. The van der Waals surface area contributed by atoms with Crippen LogP contribution in [-0.4, -0.2) is 34.6 Å². The number of thioether (sulfide) groups is 1. The summed E-state index contributed by atoms with van der Waals surface area (Å²) in [7, 11) is 0. The largest absolute Gasteiger partial charge is 0.483 e. The quantitative estimate of drug-likeness (QED) is 0.181. The first-order valence-corrected chi connectivity index (χ1v) is 18.4. The molecule has 4 aliphatic rings. The molecule has 4 aromatic carbocycles. The number of nitrogens with zero attached hydrogens (tertiary/aromatic N) is 1. The SMILES string of the molecule is O=C(COc1ccc(Br)cc1[C@@H]1c2sc(=O)[nH]c2S[C@@H]2[C@@H]3C[C@@H]([C@@H]4C(=O)N(c5ccccc5)C(=O)[C@@H]34)[C@H]12)Nc1ccc2ccccc2c1. The minimum atomic E-state index is -0.409.